The fraction of sp³-hybridized carbons (Fsp3) is 0.429. The van der Waals surface area contributed by atoms with Crippen molar-refractivity contribution in [3.05, 3.63) is 41.3 Å². The third-order valence-corrected chi connectivity index (χ3v) is 3.42. The van der Waals surface area contributed by atoms with Crippen molar-refractivity contribution in [3.63, 3.8) is 0 Å². The number of hydrogen-bond donors (Lipinski definition) is 0. The van der Waals surface area contributed by atoms with Crippen molar-refractivity contribution < 1.29 is 14.2 Å². The summed E-state index contributed by atoms with van der Waals surface area (Å²) in [7, 11) is 1.69. The molecule has 0 bridgehead atoms. The lowest BCUT2D eigenvalue weighted by Crippen LogP contribution is -2.09. The monoisotopic (exact) mass is 232 g/mol. The number of ether oxygens (including phenoxy) is 3. The minimum atomic E-state index is 0.487. The van der Waals surface area contributed by atoms with Crippen molar-refractivity contribution >= 4 is 0 Å². The molecule has 1 unspecified atom stereocenters. The maximum atomic E-state index is 5.54. The first kappa shape index (κ1) is 10.5. The lowest BCUT2D eigenvalue weighted by Gasteiger charge is -2.11. The average Bonchev–Trinajstić information content (AvgIpc) is 2.95. The minimum Gasteiger partial charge on any atom is -0.497 e. The molecule has 1 atom stereocenters. The first-order chi connectivity index (χ1) is 8.36. The van der Waals surface area contributed by atoms with Gasteiger partial charge in [0.25, 0.3) is 5.95 Å². The molecule has 2 aliphatic heterocycles. The predicted molar refractivity (Wildman–Crippen MR) is 63.7 cm³/mol. The third kappa shape index (κ3) is 1.97. The molecule has 2 aliphatic rings. The lowest BCUT2D eigenvalue weighted by molar-refractivity contribution is 0.0578. The quantitative estimate of drug-likeness (QED) is 0.801. The van der Waals surface area contributed by atoms with Crippen LogP contribution >= 0.6 is 0 Å². The van der Waals surface area contributed by atoms with E-state index in [2.05, 4.69) is 12.1 Å². The van der Waals surface area contributed by atoms with E-state index in [1.165, 1.54) is 11.1 Å². The standard InChI is InChI=1S/C14H16O3/c1-15-12-4-2-10(3-5-12)8-11-9-17-14-13(11)6-7-16-14/h2-5,11H,6-9H2,1H3. The van der Waals surface area contributed by atoms with Gasteiger partial charge in [-0.15, -0.1) is 0 Å². The van der Waals surface area contributed by atoms with Gasteiger partial charge in [0, 0.05) is 17.9 Å². The number of rotatable bonds is 3. The van der Waals surface area contributed by atoms with Gasteiger partial charge in [-0.25, -0.2) is 0 Å². The van der Waals surface area contributed by atoms with Crippen molar-refractivity contribution in [2.24, 2.45) is 5.92 Å². The van der Waals surface area contributed by atoms with Crippen LogP contribution in [0.4, 0.5) is 0 Å². The van der Waals surface area contributed by atoms with E-state index in [0.29, 0.717) is 5.92 Å². The van der Waals surface area contributed by atoms with Crippen LogP contribution in [0.25, 0.3) is 0 Å². The number of methoxy groups -OCH3 is 1. The summed E-state index contributed by atoms with van der Waals surface area (Å²) in [5, 5.41) is 0. The first-order valence-electron chi connectivity index (χ1n) is 5.98. The summed E-state index contributed by atoms with van der Waals surface area (Å²) in [4.78, 5) is 0. The Hall–Kier alpha value is -1.64. The van der Waals surface area contributed by atoms with Crippen LogP contribution in [0.5, 0.6) is 5.75 Å². The zero-order valence-electron chi connectivity index (χ0n) is 9.94. The van der Waals surface area contributed by atoms with Crippen molar-refractivity contribution in [3.8, 4) is 5.75 Å². The summed E-state index contributed by atoms with van der Waals surface area (Å²) in [6.07, 6.45) is 2.04. The van der Waals surface area contributed by atoms with Crippen LogP contribution < -0.4 is 4.74 Å². The van der Waals surface area contributed by atoms with Crippen LogP contribution in [0.3, 0.4) is 0 Å². The number of hydrogen-bond acceptors (Lipinski definition) is 3. The maximum Gasteiger partial charge on any atom is 0.278 e. The summed E-state index contributed by atoms with van der Waals surface area (Å²) in [5.41, 5.74) is 2.68. The van der Waals surface area contributed by atoms with Crippen LogP contribution in [0.2, 0.25) is 0 Å². The van der Waals surface area contributed by atoms with E-state index in [9.17, 15) is 0 Å². The first-order valence-corrected chi connectivity index (χ1v) is 5.98. The number of benzene rings is 1. The van der Waals surface area contributed by atoms with Crippen LogP contribution in [-0.4, -0.2) is 20.3 Å². The van der Waals surface area contributed by atoms with Crippen LogP contribution in [0.1, 0.15) is 12.0 Å². The van der Waals surface area contributed by atoms with Gasteiger partial charge in [0.2, 0.25) is 0 Å². The van der Waals surface area contributed by atoms with E-state index >= 15 is 0 Å². The van der Waals surface area contributed by atoms with Gasteiger partial charge < -0.3 is 14.2 Å². The topological polar surface area (TPSA) is 27.7 Å². The second kappa shape index (κ2) is 4.32. The molecule has 1 aromatic carbocycles. The zero-order chi connectivity index (χ0) is 11.7. The maximum absolute atomic E-state index is 5.54. The highest BCUT2D eigenvalue weighted by Crippen LogP contribution is 2.35. The fourth-order valence-electron chi connectivity index (χ4n) is 2.46. The zero-order valence-corrected chi connectivity index (χ0v) is 9.94. The van der Waals surface area contributed by atoms with Crippen molar-refractivity contribution in [1.29, 1.82) is 0 Å². The highest BCUT2D eigenvalue weighted by atomic mass is 16.7. The Morgan fingerprint density at radius 3 is 2.82 bits per heavy atom. The lowest BCUT2D eigenvalue weighted by atomic mass is 9.93. The molecule has 0 amide bonds. The van der Waals surface area contributed by atoms with E-state index < -0.39 is 0 Å². The summed E-state index contributed by atoms with van der Waals surface area (Å²) in [6, 6.07) is 8.25. The molecule has 0 N–H and O–H groups in total. The van der Waals surface area contributed by atoms with E-state index in [4.69, 9.17) is 14.2 Å². The normalized spacial score (nSPS) is 22.1. The minimum absolute atomic E-state index is 0.487. The molecule has 0 fully saturated rings. The fourth-order valence-corrected chi connectivity index (χ4v) is 2.46. The molecule has 0 saturated heterocycles. The molecule has 3 heteroatoms. The summed E-state index contributed by atoms with van der Waals surface area (Å²) in [6.45, 7) is 1.54. The van der Waals surface area contributed by atoms with E-state index in [1.54, 1.807) is 7.11 Å². The van der Waals surface area contributed by atoms with Gasteiger partial charge in [-0.3, -0.25) is 0 Å². The third-order valence-electron chi connectivity index (χ3n) is 3.42. The molecular weight excluding hydrogens is 216 g/mol. The van der Waals surface area contributed by atoms with Gasteiger partial charge in [0.1, 0.15) is 5.75 Å². The highest BCUT2D eigenvalue weighted by Gasteiger charge is 2.32. The average molecular weight is 232 g/mol. The second-order valence-electron chi connectivity index (χ2n) is 4.47. The molecule has 3 rings (SSSR count). The van der Waals surface area contributed by atoms with Crippen molar-refractivity contribution in [2.75, 3.05) is 20.3 Å². The molecule has 2 heterocycles. The van der Waals surface area contributed by atoms with Gasteiger partial charge in [0.05, 0.1) is 20.3 Å². The smallest absolute Gasteiger partial charge is 0.278 e. The van der Waals surface area contributed by atoms with Crippen LogP contribution in [0, 0.1) is 5.92 Å². The van der Waals surface area contributed by atoms with E-state index in [1.807, 2.05) is 12.1 Å². The molecule has 0 spiro atoms. The molecule has 1 aromatic rings. The Morgan fingerprint density at radius 1 is 1.24 bits per heavy atom. The molecule has 17 heavy (non-hydrogen) atoms. The molecule has 3 nitrogen and oxygen atoms in total. The Bertz CT molecular complexity index is 433. The summed E-state index contributed by atoms with van der Waals surface area (Å²) >= 11 is 0. The molecule has 0 radical (unpaired) electrons. The summed E-state index contributed by atoms with van der Waals surface area (Å²) in [5.74, 6) is 2.19. The molecule has 0 aromatic heterocycles. The van der Waals surface area contributed by atoms with Gasteiger partial charge in [-0.1, -0.05) is 12.1 Å². The predicted octanol–water partition coefficient (Wildman–Crippen LogP) is 2.52. The highest BCUT2D eigenvalue weighted by molar-refractivity contribution is 5.29. The summed E-state index contributed by atoms with van der Waals surface area (Å²) < 4.78 is 16.1. The van der Waals surface area contributed by atoms with Gasteiger partial charge >= 0.3 is 0 Å². The van der Waals surface area contributed by atoms with Crippen LogP contribution in [0.15, 0.2) is 35.8 Å². The van der Waals surface area contributed by atoms with Gasteiger partial charge in [-0.05, 0) is 24.1 Å². The van der Waals surface area contributed by atoms with Crippen molar-refractivity contribution in [1.82, 2.24) is 0 Å². The Kier molecular flexibility index (Phi) is 2.67. The van der Waals surface area contributed by atoms with Crippen LogP contribution in [-0.2, 0) is 15.9 Å². The SMILES string of the molecule is COc1ccc(CC2COC3=C2CCO3)cc1. The molecule has 90 valence electrons. The van der Waals surface area contributed by atoms with Crippen molar-refractivity contribution in [2.45, 2.75) is 12.8 Å². The molecule has 0 aliphatic carbocycles. The molecule has 0 saturated carbocycles. The van der Waals surface area contributed by atoms with E-state index in [0.717, 1.165) is 37.8 Å². The Morgan fingerprint density at radius 2 is 2.06 bits per heavy atom. The largest absolute Gasteiger partial charge is 0.497 e. The Balaban J connectivity index is 1.70. The molecular formula is C14H16O3. The van der Waals surface area contributed by atoms with E-state index in [-0.39, 0.29) is 0 Å². The van der Waals surface area contributed by atoms with Gasteiger partial charge in [0.15, 0.2) is 0 Å². The van der Waals surface area contributed by atoms with Gasteiger partial charge in [-0.2, -0.15) is 0 Å². The Labute approximate surface area is 101 Å². The second-order valence-corrected chi connectivity index (χ2v) is 4.47.